The molecule has 0 spiro atoms. The van der Waals surface area contributed by atoms with Crippen LogP contribution in [0.15, 0.2) is 0 Å². The Kier molecular flexibility index (Phi) is 14.0. The van der Waals surface area contributed by atoms with Gasteiger partial charge in [0.15, 0.2) is 0 Å². The molecule has 0 aromatic carbocycles. The molecule has 0 aliphatic carbocycles. The molecule has 0 radical (unpaired) electrons. The van der Waals surface area contributed by atoms with Crippen molar-refractivity contribution in [3.8, 4) is 0 Å². The van der Waals surface area contributed by atoms with E-state index in [1.54, 1.807) is 6.92 Å². The minimum atomic E-state index is -0.706. The maximum Gasteiger partial charge on any atom is 0.306 e. The van der Waals surface area contributed by atoms with Crippen LogP contribution in [0, 0.1) is 5.92 Å². The molecule has 0 saturated carbocycles. The Morgan fingerprint density at radius 1 is 1.00 bits per heavy atom. The number of carboxylic acids is 2. The van der Waals surface area contributed by atoms with Crippen LogP contribution >= 0.6 is 0 Å². The SMILES string of the molecule is CCC(C)C(=O)O.CCCCCCCC(=O)O. The highest BCUT2D eigenvalue weighted by atomic mass is 16.4. The summed E-state index contributed by atoms with van der Waals surface area (Å²) in [7, 11) is 0. The number of unbranched alkanes of at least 4 members (excludes halogenated alkanes) is 4. The van der Waals surface area contributed by atoms with Gasteiger partial charge in [0.1, 0.15) is 0 Å². The lowest BCUT2D eigenvalue weighted by Crippen LogP contribution is -2.06. The second-order valence-corrected chi connectivity index (χ2v) is 4.21. The smallest absolute Gasteiger partial charge is 0.306 e. The third-order valence-electron chi connectivity index (χ3n) is 2.53. The molecule has 0 aliphatic rings. The van der Waals surface area contributed by atoms with Crippen molar-refractivity contribution in [3.63, 3.8) is 0 Å². The molecule has 1 atom stereocenters. The molecule has 0 amide bonds. The van der Waals surface area contributed by atoms with Gasteiger partial charge in [-0.3, -0.25) is 9.59 Å². The summed E-state index contributed by atoms with van der Waals surface area (Å²) in [5, 5.41) is 16.5. The van der Waals surface area contributed by atoms with Crippen LogP contribution in [0.25, 0.3) is 0 Å². The molecule has 1 unspecified atom stereocenters. The first-order valence-electron chi connectivity index (χ1n) is 6.40. The topological polar surface area (TPSA) is 74.6 Å². The van der Waals surface area contributed by atoms with E-state index in [2.05, 4.69) is 6.92 Å². The molecule has 2 N–H and O–H groups in total. The Balaban J connectivity index is 0. The van der Waals surface area contributed by atoms with Gasteiger partial charge in [-0.15, -0.1) is 0 Å². The Hall–Kier alpha value is -1.06. The zero-order valence-corrected chi connectivity index (χ0v) is 11.2. The molecule has 0 aromatic rings. The second kappa shape index (κ2) is 13.0. The van der Waals surface area contributed by atoms with E-state index in [4.69, 9.17) is 10.2 Å². The maximum absolute atomic E-state index is 10.0. The van der Waals surface area contributed by atoms with E-state index in [0.717, 1.165) is 19.3 Å². The van der Waals surface area contributed by atoms with Crippen molar-refractivity contribution >= 4 is 11.9 Å². The predicted molar refractivity (Wildman–Crippen MR) is 68.1 cm³/mol. The third kappa shape index (κ3) is 17.5. The number of hydrogen-bond acceptors (Lipinski definition) is 2. The van der Waals surface area contributed by atoms with Crippen LogP contribution in [0.5, 0.6) is 0 Å². The van der Waals surface area contributed by atoms with E-state index >= 15 is 0 Å². The van der Waals surface area contributed by atoms with E-state index in [1.165, 1.54) is 19.3 Å². The number of aliphatic carboxylic acids is 2. The first-order valence-corrected chi connectivity index (χ1v) is 6.40. The zero-order chi connectivity index (χ0) is 13.7. The average Bonchev–Trinajstić information content (AvgIpc) is 2.28. The molecular formula is C13H26O4. The quantitative estimate of drug-likeness (QED) is 0.642. The third-order valence-corrected chi connectivity index (χ3v) is 2.53. The van der Waals surface area contributed by atoms with Crippen molar-refractivity contribution in [2.24, 2.45) is 5.92 Å². The molecule has 0 aliphatic heterocycles. The van der Waals surface area contributed by atoms with Crippen molar-refractivity contribution in [1.29, 1.82) is 0 Å². The van der Waals surface area contributed by atoms with Crippen LogP contribution in [0.1, 0.15) is 65.7 Å². The molecule has 0 saturated heterocycles. The Morgan fingerprint density at radius 3 is 1.82 bits per heavy atom. The van der Waals surface area contributed by atoms with Crippen molar-refractivity contribution < 1.29 is 19.8 Å². The lowest BCUT2D eigenvalue weighted by Gasteiger charge is -1.96. The number of carbonyl (C=O) groups is 2. The standard InChI is InChI=1S/C8H16O2.C5H10O2/c1-2-3-4-5-6-7-8(9)10;1-3-4(2)5(6)7/h2-7H2,1H3,(H,9,10);4H,3H2,1-2H3,(H,6,7). The van der Waals surface area contributed by atoms with Crippen molar-refractivity contribution in [2.45, 2.75) is 65.7 Å². The van der Waals surface area contributed by atoms with E-state index < -0.39 is 11.9 Å². The summed E-state index contributed by atoms with van der Waals surface area (Å²) >= 11 is 0. The lowest BCUT2D eigenvalue weighted by molar-refractivity contribution is -0.141. The van der Waals surface area contributed by atoms with E-state index in [9.17, 15) is 9.59 Å². The molecule has 0 rings (SSSR count). The van der Waals surface area contributed by atoms with Gasteiger partial charge in [0.2, 0.25) is 0 Å². The van der Waals surface area contributed by atoms with Gasteiger partial charge in [0, 0.05) is 6.42 Å². The largest absolute Gasteiger partial charge is 0.481 e. The minimum absolute atomic E-state index is 0.181. The summed E-state index contributed by atoms with van der Waals surface area (Å²) in [6.45, 7) is 5.71. The van der Waals surface area contributed by atoms with Gasteiger partial charge < -0.3 is 10.2 Å². The molecule has 17 heavy (non-hydrogen) atoms. The van der Waals surface area contributed by atoms with Crippen LogP contribution in [-0.2, 0) is 9.59 Å². The first kappa shape index (κ1) is 18.3. The maximum atomic E-state index is 10.0. The zero-order valence-electron chi connectivity index (χ0n) is 11.2. The Bertz CT molecular complexity index is 202. The summed E-state index contributed by atoms with van der Waals surface area (Å²) in [6, 6.07) is 0. The van der Waals surface area contributed by atoms with Crippen LogP contribution in [0.4, 0.5) is 0 Å². The summed E-state index contributed by atoms with van der Waals surface area (Å²) < 4.78 is 0. The molecule has 102 valence electrons. The molecular weight excluding hydrogens is 220 g/mol. The van der Waals surface area contributed by atoms with Crippen LogP contribution in [0.2, 0.25) is 0 Å². The molecule has 0 aromatic heterocycles. The number of rotatable bonds is 8. The average molecular weight is 246 g/mol. The number of carboxylic acid groups (broad SMARTS) is 2. The van der Waals surface area contributed by atoms with Crippen LogP contribution in [-0.4, -0.2) is 22.2 Å². The van der Waals surface area contributed by atoms with Crippen LogP contribution in [0.3, 0.4) is 0 Å². The number of hydrogen-bond donors (Lipinski definition) is 2. The monoisotopic (exact) mass is 246 g/mol. The highest BCUT2D eigenvalue weighted by Crippen LogP contribution is 2.04. The molecule has 0 heterocycles. The van der Waals surface area contributed by atoms with E-state index in [-0.39, 0.29) is 5.92 Å². The molecule has 0 fully saturated rings. The lowest BCUT2D eigenvalue weighted by atomic mass is 10.1. The molecule has 4 heteroatoms. The highest BCUT2D eigenvalue weighted by Gasteiger charge is 2.05. The first-order chi connectivity index (χ1) is 7.95. The summed E-state index contributed by atoms with van der Waals surface area (Å²) in [4.78, 5) is 20.0. The minimum Gasteiger partial charge on any atom is -0.481 e. The van der Waals surface area contributed by atoms with Crippen molar-refractivity contribution in [2.75, 3.05) is 0 Å². The van der Waals surface area contributed by atoms with Gasteiger partial charge in [-0.1, -0.05) is 46.5 Å². The van der Waals surface area contributed by atoms with Gasteiger partial charge in [-0.2, -0.15) is 0 Å². The highest BCUT2D eigenvalue weighted by molar-refractivity contribution is 5.69. The van der Waals surface area contributed by atoms with Crippen molar-refractivity contribution in [3.05, 3.63) is 0 Å². The summed E-state index contributed by atoms with van der Waals surface area (Å²) in [5.74, 6) is -1.56. The Morgan fingerprint density at radius 2 is 1.53 bits per heavy atom. The van der Waals surface area contributed by atoms with Gasteiger partial charge >= 0.3 is 11.9 Å². The van der Waals surface area contributed by atoms with E-state index in [1.807, 2.05) is 6.92 Å². The fourth-order valence-corrected chi connectivity index (χ4v) is 1.05. The summed E-state index contributed by atoms with van der Waals surface area (Å²) in [5.41, 5.74) is 0. The Labute approximate surface area is 104 Å². The second-order valence-electron chi connectivity index (χ2n) is 4.21. The molecule has 0 bridgehead atoms. The summed E-state index contributed by atoms with van der Waals surface area (Å²) in [6.07, 6.45) is 6.60. The van der Waals surface area contributed by atoms with Crippen LogP contribution < -0.4 is 0 Å². The van der Waals surface area contributed by atoms with Gasteiger partial charge in [0.25, 0.3) is 0 Å². The van der Waals surface area contributed by atoms with Gasteiger partial charge in [-0.25, -0.2) is 0 Å². The fourth-order valence-electron chi connectivity index (χ4n) is 1.05. The normalized spacial score (nSPS) is 11.2. The van der Waals surface area contributed by atoms with Gasteiger partial charge in [-0.05, 0) is 12.8 Å². The van der Waals surface area contributed by atoms with Crippen molar-refractivity contribution in [1.82, 2.24) is 0 Å². The van der Waals surface area contributed by atoms with Gasteiger partial charge in [0.05, 0.1) is 5.92 Å². The molecule has 4 nitrogen and oxygen atoms in total. The fraction of sp³-hybridized carbons (Fsp3) is 0.846. The predicted octanol–water partition coefficient (Wildman–Crippen LogP) is 3.55. The van der Waals surface area contributed by atoms with E-state index in [0.29, 0.717) is 6.42 Å².